The number of anilines is 2. The summed E-state index contributed by atoms with van der Waals surface area (Å²) in [5, 5.41) is 0.316. The van der Waals surface area contributed by atoms with Crippen molar-refractivity contribution in [2.75, 3.05) is 36.0 Å². The topological polar surface area (TPSA) is 32.3 Å². The van der Waals surface area contributed by atoms with E-state index in [1.807, 2.05) is 13.0 Å². The zero-order chi connectivity index (χ0) is 13.9. The number of aryl methyl sites for hydroxylation is 1. The molecule has 104 valence electrons. The second-order valence-corrected chi connectivity index (χ2v) is 5.29. The fourth-order valence-corrected chi connectivity index (χ4v) is 2.68. The first kappa shape index (κ1) is 13.2. The average molecular weight is 289 g/mol. The van der Waals surface area contributed by atoms with Gasteiger partial charge in [0.05, 0.1) is 0 Å². The Kier molecular flexibility index (Phi) is 3.74. The van der Waals surface area contributed by atoms with E-state index in [1.165, 1.54) is 5.69 Å². The summed E-state index contributed by atoms with van der Waals surface area (Å²) in [5.74, 6) is 0.956. The zero-order valence-electron chi connectivity index (χ0n) is 11.5. The molecular formula is C15H17ClN4. The lowest BCUT2D eigenvalue weighted by Gasteiger charge is -2.37. The number of hydrogen-bond acceptors (Lipinski definition) is 4. The third kappa shape index (κ3) is 2.70. The van der Waals surface area contributed by atoms with Crippen molar-refractivity contribution in [3.8, 4) is 0 Å². The summed E-state index contributed by atoms with van der Waals surface area (Å²) >= 11 is 5.90. The standard InChI is InChI=1S/C15H17ClN4/c1-12-11-17-15(16)18-14(12)20-9-7-19(8-10-20)13-5-3-2-4-6-13/h2-6,11H,7-10H2,1H3. The highest BCUT2D eigenvalue weighted by Gasteiger charge is 2.19. The van der Waals surface area contributed by atoms with Gasteiger partial charge >= 0.3 is 0 Å². The maximum absolute atomic E-state index is 5.90. The predicted octanol–water partition coefficient (Wildman–Crippen LogP) is 2.77. The van der Waals surface area contributed by atoms with E-state index in [4.69, 9.17) is 11.6 Å². The van der Waals surface area contributed by atoms with Crippen molar-refractivity contribution >= 4 is 23.1 Å². The number of para-hydroxylation sites is 1. The molecule has 0 spiro atoms. The molecular weight excluding hydrogens is 272 g/mol. The van der Waals surface area contributed by atoms with Gasteiger partial charge in [0.25, 0.3) is 0 Å². The number of benzene rings is 1. The van der Waals surface area contributed by atoms with E-state index in [0.717, 1.165) is 37.6 Å². The molecule has 0 bridgehead atoms. The highest BCUT2D eigenvalue weighted by molar-refractivity contribution is 6.28. The van der Waals surface area contributed by atoms with Gasteiger partial charge < -0.3 is 9.80 Å². The quantitative estimate of drug-likeness (QED) is 0.796. The fourth-order valence-electron chi connectivity index (χ4n) is 2.55. The van der Waals surface area contributed by atoms with Crippen LogP contribution in [0.15, 0.2) is 36.5 Å². The summed E-state index contributed by atoms with van der Waals surface area (Å²) in [4.78, 5) is 13.0. The van der Waals surface area contributed by atoms with Crippen LogP contribution in [-0.4, -0.2) is 36.1 Å². The molecule has 1 fully saturated rings. The monoisotopic (exact) mass is 288 g/mol. The molecule has 20 heavy (non-hydrogen) atoms. The molecule has 1 aromatic carbocycles. The molecule has 0 aliphatic carbocycles. The van der Waals surface area contributed by atoms with Crippen molar-refractivity contribution in [2.45, 2.75) is 6.92 Å². The van der Waals surface area contributed by atoms with Crippen LogP contribution in [0, 0.1) is 6.92 Å². The van der Waals surface area contributed by atoms with Crippen LogP contribution in [0.25, 0.3) is 0 Å². The Balaban J connectivity index is 1.71. The van der Waals surface area contributed by atoms with E-state index in [-0.39, 0.29) is 0 Å². The summed E-state index contributed by atoms with van der Waals surface area (Å²) < 4.78 is 0. The van der Waals surface area contributed by atoms with Crippen molar-refractivity contribution in [1.82, 2.24) is 9.97 Å². The van der Waals surface area contributed by atoms with Gasteiger partial charge in [-0.05, 0) is 30.7 Å². The largest absolute Gasteiger partial charge is 0.368 e. The molecule has 0 atom stereocenters. The van der Waals surface area contributed by atoms with Gasteiger partial charge in [-0.2, -0.15) is 0 Å². The molecule has 2 aromatic rings. The average Bonchev–Trinajstić information content (AvgIpc) is 2.51. The first-order valence-electron chi connectivity index (χ1n) is 6.78. The van der Waals surface area contributed by atoms with Gasteiger partial charge in [0.15, 0.2) is 0 Å². The van der Waals surface area contributed by atoms with Crippen LogP contribution in [0.3, 0.4) is 0 Å². The summed E-state index contributed by atoms with van der Waals surface area (Å²) in [6.07, 6.45) is 1.79. The minimum atomic E-state index is 0.316. The van der Waals surface area contributed by atoms with Crippen LogP contribution in [0.5, 0.6) is 0 Å². The van der Waals surface area contributed by atoms with Crippen molar-refractivity contribution in [3.63, 3.8) is 0 Å². The maximum Gasteiger partial charge on any atom is 0.224 e. The van der Waals surface area contributed by atoms with Gasteiger partial charge in [0.2, 0.25) is 5.28 Å². The van der Waals surface area contributed by atoms with Crippen molar-refractivity contribution in [1.29, 1.82) is 0 Å². The molecule has 0 saturated carbocycles. The SMILES string of the molecule is Cc1cnc(Cl)nc1N1CCN(c2ccccc2)CC1. The van der Waals surface area contributed by atoms with E-state index < -0.39 is 0 Å². The lowest BCUT2D eigenvalue weighted by Crippen LogP contribution is -2.47. The third-order valence-corrected chi connectivity index (χ3v) is 3.80. The Morgan fingerprint density at radius 1 is 1.00 bits per heavy atom. The zero-order valence-corrected chi connectivity index (χ0v) is 12.2. The maximum atomic E-state index is 5.90. The van der Waals surface area contributed by atoms with Crippen molar-refractivity contribution in [3.05, 3.63) is 47.4 Å². The van der Waals surface area contributed by atoms with E-state index in [0.29, 0.717) is 5.28 Å². The summed E-state index contributed by atoms with van der Waals surface area (Å²) in [6.45, 7) is 5.90. The Labute approximate surface area is 124 Å². The Morgan fingerprint density at radius 3 is 2.35 bits per heavy atom. The smallest absolute Gasteiger partial charge is 0.224 e. The normalized spacial score (nSPS) is 15.5. The second-order valence-electron chi connectivity index (χ2n) is 4.96. The molecule has 0 radical (unpaired) electrons. The van der Waals surface area contributed by atoms with Crippen LogP contribution >= 0.6 is 11.6 Å². The minimum absolute atomic E-state index is 0.316. The third-order valence-electron chi connectivity index (χ3n) is 3.62. The Bertz CT molecular complexity index is 580. The van der Waals surface area contributed by atoms with Crippen LogP contribution < -0.4 is 9.80 Å². The summed E-state index contributed by atoms with van der Waals surface area (Å²) in [6, 6.07) is 10.5. The Hall–Kier alpha value is -1.81. The van der Waals surface area contributed by atoms with Crippen LogP contribution in [0.2, 0.25) is 5.28 Å². The van der Waals surface area contributed by atoms with E-state index >= 15 is 0 Å². The molecule has 0 N–H and O–H groups in total. The highest BCUT2D eigenvalue weighted by atomic mass is 35.5. The Morgan fingerprint density at radius 2 is 1.65 bits per heavy atom. The second kappa shape index (κ2) is 5.67. The molecule has 4 nitrogen and oxygen atoms in total. The molecule has 1 aliphatic rings. The lowest BCUT2D eigenvalue weighted by molar-refractivity contribution is 0.645. The number of halogens is 1. The van der Waals surface area contributed by atoms with Gasteiger partial charge in [-0.15, -0.1) is 0 Å². The molecule has 1 aliphatic heterocycles. The van der Waals surface area contributed by atoms with Crippen molar-refractivity contribution < 1.29 is 0 Å². The van der Waals surface area contributed by atoms with Crippen LogP contribution in [0.4, 0.5) is 11.5 Å². The molecule has 5 heteroatoms. The van der Waals surface area contributed by atoms with E-state index in [1.54, 1.807) is 6.20 Å². The number of aromatic nitrogens is 2. The summed E-state index contributed by atoms with van der Waals surface area (Å²) in [5.41, 5.74) is 2.35. The van der Waals surface area contributed by atoms with Gasteiger partial charge in [0, 0.05) is 43.6 Å². The van der Waals surface area contributed by atoms with E-state index in [2.05, 4.69) is 44.0 Å². The van der Waals surface area contributed by atoms with Gasteiger partial charge in [-0.25, -0.2) is 9.97 Å². The first-order valence-corrected chi connectivity index (χ1v) is 7.16. The molecule has 1 saturated heterocycles. The summed E-state index contributed by atoms with van der Waals surface area (Å²) in [7, 11) is 0. The number of nitrogens with zero attached hydrogens (tertiary/aromatic N) is 4. The van der Waals surface area contributed by atoms with Gasteiger partial charge in [0.1, 0.15) is 5.82 Å². The number of piperazine rings is 1. The van der Waals surface area contributed by atoms with Crippen LogP contribution in [-0.2, 0) is 0 Å². The lowest BCUT2D eigenvalue weighted by atomic mass is 10.2. The first-order chi connectivity index (χ1) is 9.74. The van der Waals surface area contributed by atoms with Crippen LogP contribution in [0.1, 0.15) is 5.56 Å². The fraction of sp³-hybridized carbons (Fsp3) is 0.333. The molecule has 3 rings (SSSR count). The number of rotatable bonds is 2. The highest BCUT2D eigenvalue weighted by Crippen LogP contribution is 2.22. The molecule has 1 aromatic heterocycles. The van der Waals surface area contributed by atoms with Gasteiger partial charge in [-0.1, -0.05) is 18.2 Å². The molecule has 2 heterocycles. The minimum Gasteiger partial charge on any atom is -0.368 e. The predicted molar refractivity (Wildman–Crippen MR) is 82.6 cm³/mol. The molecule has 0 unspecified atom stereocenters. The number of hydrogen-bond donors (Lipinski definition) is 0. The molecule has 0 amide bonds. The van der Waals surface area contributed by atoms with E-state index in [9.17, 15) is 0 Å². The van der Waals surface area contributed by atoms with Gasteiger partial charge in [-0.3, -0.25) is 0 Å². The van der Waals surface area contributed by atoms with Crippen molar-refractivity contribution in [2.24, 2.45) is 0 Å².